The summed E-state index contributed by atoms with van der Waals surface area (Å²) in [6.45, 7) is 1.31. The van der Waals surface area contributed by atoms with Gasteiger partial charge < -0.3 is 4.57 Å². The number of nitrogens with zero attached hydrogens (tertiary/aromatic N) is 4. The minimum absolute atomic E-state index is 0.0365. The smallest absolute Gasteiger partial charge is 0.199 e. The van der Waals surface area contributed by atoms with Gasteiger partial charge in [0.05, 0.1) is 18.2 Å². The van der Waals surface area contributed by atoms with Gasteiger partial charge in [0.25, 0.3) is 0 Å². The predicted molar refractivity (Wildman–Crippen MR) is 108 cm³/mol. The summed E-state index contributed by atoms with van der Waals surface area (Å²) >= 11 is 7.49. The standard InChI is InChI=1S/C18H24N4O2S3/c23-27(24)9-7-15(11-27)20(10-16-2-1-8-26-16)12-21-18(25)22(14-5-6-14)17(19-21)13-3-4-13/h1-2,8,13-15H,3-7,9-12H2/t15-/m1/s1. The summed E-state index contributed by atoms with van der Waals surface area (Å²) in [6.07, 6.45) is 5.50. The molecule has 2 aromatic rings. The molecule has 0 spiro atoms. The third kappa shape index (κ3) is 3.79. The van der Waals surface area contributed by atoms with E-state index in [1.54, 1.807) is 11.3 Å². The first kappa shape index (κ1) is 18.0. The minimum atomic E-state index is -2.93. The molecular formula is C18H24N4O2S3. The lowest BCUT2D eigenvalue weighted by atomic mass is 10.2. The Kier molecular flexibility index (Phi) is 4.53. The maximum Gasteiger partial charge on any atom is 0.199 e. The summed E-state index contributed by atoms with van der Waals surface area (Å²) in [5.41, 5.74) is 0. The molecule has 27 heavy (non-hydrogen) atoms. The molecular weight excluding hydrogens is 400 g/mol. The molecule has 0 radical (unpaired) electrons. The Hall–Kier alpha value is -1.03. The van der Waals surface area contributed by atoms with Crippen molar-refractivity contribution in [1.82, 2.24) is 19.2 Å². The maximum atomic E-state index is 12.0. The van der Waals surface area contributed by atoms with Gasteiger partial charge in [-0.3, -0.25) is 4.90 Å². The highest BCUT2D eigenvalue weighted by Crippen LogP contribution is 2.44. The van der Waals surface area contributed by atoms with E-state index in [0.29, 0.717) is 25.0 Å². The van der Waals surface area contributed by atoms with E-state index < -0.39 is 9.84 Å². The zero-order valence-electron chi connectivity index (χ0n) is 15.2. The van der Waals surface area contributed by atoms with Crippen LogP contribution in [0.4, 0.5) is 0 Å². The van der Waals surface area contributed by atoms with Crippen LogP contribution in [0.5, 0.6) is 0 Å². The quantitative estimate of drug-likeness (QED) is 0.638. The largest absolute Gasteiger partial charge is 0.301 e. The monoisotopic (exact) mass is 424 g/mol. The molecule has 2 saturated carbocycles. The van der Waals surface area contributed by atoms with E-state index in [2.05, 4.69) is 20.9 Å². The molecule has 2 aliphatic carbocycles. The topological polar surface area (TPSA) is 60.1 Å². The molecule has 0 N–H and O–H groups in total. The van der Waals surface area contributed by atoms with Gasteiger partial charge in [-0.2, -0.15) is 5.10 Å². The van der Waals surface area contributed by atoms with Gasteiger partial charge in [-0.05, 0) is 55.8 Å². The van der Waals surface area contributed by atoms with Crippen molar-refractivity contribution in [2.24, 2.45) is 0 Å². The second-order valence-corrected chi connectivity index (χ2v) is 11.7. The van der Waals surface area contributed by atoms with Crippen molar-refractivity contribution in [2.45, 2.75) is 63.3 Å². The van der Waals surface area contributed by atoms with Crippen molar-refractivity contribution in [3.63, 3.8) is 0 Å². The summed E-state index contributed by atoms with van der Waals surface area (Å²) < 4.78 is 29.1. The SMILES string of the molecule is O=S1(=O)CC[C@@H](N(Cc2cccs2)Cn2nc(C3CC3)n(C3CC3)c2=S)C1. The lowest BCUT2D eigenvalue weighted by Crippen LogP contribution is -2.37. The highest BCUT2D eigenvalue weighted by atomic mass is 32.2. The van der Waals surface area contributed by atoms with Gasteiger partial charge in [0, 0.05) is 29.4 Å². The van der Waals surface area contributed by atoms with Crippen molar-refractivity contribution in [2.75, 3.05) is 11.5 Å². The van der Waals surface area contributed by atoms with Crippen LogP contribution in [0, 0.1) is 4.77 Å². The first-order valence-electron chi connectivity index (χ1n) is 9.66. The van der Waals surface area contributed by atoms with E-state index in [0.717, 1.165) is 17.1 Å². The van der Waals surface area contributed by atoms with Crippen LogP contribution in [-0.2, 0) is 23.1 Å². The number of thiophene rings is 1. The Morgan fingerprint density at radius 2 is 2.07 bits per heavy atom. The van der Waals surface area contributed by atoms with Crippen molar-refractivity contribution in [3.8, 4) is 0 Å². The highest BCUT2D eigenvalue weighted by Gasteiger charge is 2.37. The molecule has 3 fully saturated rings. The van der Waals surface area contributed by atoms with Gasteiger partial charge in [-0.1, -0.05) is 6.07 Å². The van der Waals surface area contributed by atoms with Crippen LogP contribution in [0.15, 0.2) is 17.5 Å². The summed E-state index contributed by atoms with van der Waals surface area (Å²) in [4.78, 5) is 3.50. The van der Waals surface area contributed by atoms with E-state index in [9.17, 15) is 8.42 Å². The van der Waals surface area contributed by atoms with Crippen LogP contribution in [0.2, 0.25) is 0 Å². The minimum Gasteiger partial charge on any atom is -0.301 e. The van der Waals surface area contributed by atoms with Crippen molar-refractivity contribution >= 4 is 33.4 Å². The molecule has 1 saturated heterocycles. The highest BCUT2D eigenvalue weighted by molar-refractivity contribution is 7.91. The van der Waals surface area contributed by atoms with E-state index >= 15 is 0 Å². The molecule has 3 aliphatic rings. The number of aromatic nitrogens is 3. The van der Waals surface area contributed by atoms with Crippen LogP contribution in [-0.4, -0.2) is 45.2 Å². The Labute approximate surface area is 168 Å². The number of sulfone groups is 1. The van der Waals surface area contributed by atoms with Crippen LogP contribution in [0.25, 0.3) is 0 Å². The number of hydrogen-bond donors (Lipinski definition) is 0. The zero-order valence-corrected chi connectivity index (χ0v) is 17.6. The molecule has 6 nitrogen and oxygen atoms in total. The molecule has 1 aliphatic heterocycles. The lowest BCUT2D eigenvalue weighted by molar-refractivity contribution is 0.147. The van der Waals surface area contributed by atoms with Crippen molar-refractivity contribution < 1.29 is 8.42 Å². The molecule has 0 unspecified atom stereocenters. The molecule has 9 heteroatoms. The molecule has 0 bridgehead atoms. The normalized spacial score (nSPS) is 24.7. The summed E-state index contributed by atoms with van der Waals surface area (Å²) in [5.74, 6) is 2.24. The number of rotatable bonds is 7. The van der Waals surface area contributed by atoms with Gasteiger partial charge in [0.15, 0.2) is 14.6 Å². The molecule has 3 heterocycles. The van der Waals surface area contributed by atoms with Crippen LogP contribution < -0.4 is 0 Å². The van der Waals surface area contributed by atoms with Crippen molar-refractivity contribution in [1.29, 1.82) is 0 Å². The van der Waals surface area contributed by atoms with Gasteiger partial charge in [0.2, 0.25) is 0 Å². The van der Waals surface area contributed by atoms with Crippen LogP contribution in [0.3, 0.4) is 0 Å². The predicted octanol–water partition coefficient (Wildman–Crippen LogP) is 3.33. The van der Waals surface area contributed by atoms with Gasteiger partial charge in [0.1, 0.15) is 5.82 Å². The average Bonchev–Trinajstić information content (AvgIpc) is 3.53. The summed E-state index contributed by atoms with van der Waals surface area (Å²) in [5, 5.41) is 6.96. The third-order valence-electron chi connectivity index (χ3n) is 5.73. The first-order chi connectivity index (χ1) is 13.0. The fraction of sp³-hybridized carbons (Fsp3) is 0.667. The molecule has 146 valence electrons. The first-order valence-corrected chi connectivity index (χ1v) is 12.8. The molecule has 2 aromatic heterocycles. The molecule has 0 amide bonds. The summed E-state index contributed by atoms with van der Waals surface area (Å²) in [7, 11) is -2.93. The van der Waals surface area contributed by atoms with Crippen LogP contribution >= 0.6 is 23.6 Å². The second-order valence-electron chi connectivity index (χ2n) is 8.04. The van der Waals surface area contributed by atoms with Crippen molar-refractivity contribution in [3.05, 3.63) is 33.0 Å². The van der Waals surface area contributed by atoms with Gasteiger partial charge >= 0.3 is 0 Å². The third-order valence-corrected chi connectivity index (χ3v) is 8.75. The van der Waals surface area contributed by atoms with E-state index in [-0.39, 0.29) is 17.5 Å². The Morgan fingerprint density at radius 3 is 2.67 bits per heavy atom. The number of hydrogen-bond acceptors (Lipinski definition) is 6. The lowest BCUT2D eigenvalue weighted by Gasteiger charge is -2.27. The molecule has 5 rings (SSSR count). The summed E-state index contributed by atoms with van der Waals surface area (Å²) in [6, 6.07) is 4.72. The second kappa shape index (κ2) is 6.79. The van der Waals surface area contributed by atoms with Gasteiger partial charge in [-0.25, -0.2) is 13.1 Å². The fourth-order valence-electron chi connectivity index (χ4n) is 3.96. The Balaban J connectivity index is 1.44. The average molecular weight is 425 g/mol. The maximum absolute atomic E-state index is 12.0. The Morgan fingerprint density at radius 1 is 1.26 bits per heavy atom. The fourth-order valence-corrected chi connectivity index (χ4v) is 6.79. The Bertz CT molecular complexity index is 984. The molecule has 0 aromatic carbocycles. The molecule has 1 atom stereocenters. The zero-order chi connectivity index (χ0) is 18.6. The van der Waals surface area contributed by atoms with E-state index in [1.165, 1.54) is 30.6 Å². The van der Waals surface area contributed by atoms with Crippen LogP contribution in [0.1, 0.15) is 54.8 Å². The van der Waals surface area contributed by atoms with E-state index in [4.69, 9.17) is 17.3 Å². The van der Waals surface area contributed by atoms with Gasteiger partial charge in [-0.15, -0.1) is 11.3 Å². The van der Waals surface area contributed by atoms with E-state index in [1.807, 2.05) is 10.7 Å².